The molecule has 2 aromatic heterocycles. The average molecular weight is 565 g/mol. The number of alkyl halides is 3. The lowest BCUT2D eigenvalue weighted by atomic mass is 9.93. The lowest BCUT2D eigenvalue weighted by molar-refractivity contribution is -0.137. The SMILES string of the molecule is NC(=O)CCCC(c1ccccc1)c1nc(-c2c[nH]c3ccc(Cc4ccc(C(F)(F)F)cc4F)cc3c2=O)no1. The van der Waals surface area contributed by atoms with Gasteiger partial charge in [0.2, 0.25) is 23.1 Å². The number of nitrogens with one attached hydrogen (secondary N) is 1. The number of amides is 1. The van der Waals surface area contributed by atoms with Crippen molar-refractivity contribution in [1.29, 1.82) is 0 Å². The summed E-state index contributed by atoms with van der Waals surface area (Å²) in [5.41, 5.74) is 5.98. The van der Waals surface area contributed by atoms with E-state index in [1.165, 1.54) is 6.20 Å². The second-order valence-electron chi connectivity index (χ2n) is 9.67. The van der Waals surface area contributed by atoms with E-state index in [-0.39, 0.29) is 47.0 Å². The molecule has 0 aliphatic carbocycles. The standard InChI is InChI=1S/C30H24F4N4O3/c31-24-15-20(30(32,33)34)11-10-19(24)13-17-9-12-25-22(14-17)27(40)23(16-36-25)28-37-29(41-38-28)21(7-4-8-26(35)39)18-5-2-1-3-6-18/h1-3,5-6,9-12,14-16,21H,4,7-8,13H2,(H2,35,39)(H,36,40). The van der Waals surface area contributed by atoms with Crippen molar-refractivity contribution in [2.45, 2.75) is 37.8 Å². The summed E-state index contributed by atoms with van der Waals surface area (Å²) in [6.45, 7) is 0. The first-order valence-electron chi connectivity index (χ1n) is 12.8. The van der Waals surface area contributed by atoms with Crippen LogP contribution in [0.4, 0.5) is 17.6 Å². The molecule has 0 bridgehead atoms. The summed E-state index contributed by atoms with van der Waals surface area (Å²) in [5, 5.41) is 4.31. The third-order valence-electron chi connectivity index (χ3n) is 6.82. The first-order valence-corrected chi connectivity index (χ1v) is 12.8. The molecular weight excluding hydrogens is 540 g/mol. The van der Waals surface area contributed by atoms with E-state index < -0.39 is 28.9 Å². The van der Waals surface area contributed by atoms with E-state index in [1.54, 1.807) is 18.2 Å². The number of primary amides is 1. The number of H-pyrrole nitrogens is 1. The van der Waals surface area contributed by atoms with Crippen molar-refractivity contribution in [3.63, 3.8) is 0 Å². The van der Waals surface area contributed by atoms with Crippen molar-refractivity contribution < 1.29 is 26.9 Å². The predicted molar refractivity (Wildman–Crippen MR) is 143 cm³/mol. The van der Waals surface area contributed by atoms with E-state index >= 15 is 0 Å². The Morgan fingerprint density at radius 1 is 1.05 bits per heavy atom. The highest BCUT2D eigenvalue weighted by Crippen LogP contribution is 2.32. The van der Waals surface area contributed by atoms with Crippen LogP contribution in [-0.2, 0) is 17.4 Å². The normalized spacial score (nSPS) is 12.5. The van der Waals surface area contributed by atoms with E-state index in [4.69, 9.17) is 10.3 Å². The molecule has 5 rings (SSSR count). The zero-order valence-corrected chi connectivity index (χ0v) is 21.5. The molecule has 0 radical (unpaired) electrons. The maximum Gasteiger partial charge on any atom is 0.416 e. The Hall–Kier alpha value is -4.80. The molecule has 2 heterocycles. The highest BCUT2D eigenvalue weighted by atomic mass is 19.4. The molecule has 1 unspecified atom stereocenters. The van der Waals surface area contributed by atoms with Crippen LogP contribution in [0.25, 0.3) is 22.3 Å². The van der Waals surface area contributed by atoms with Crippen molar-refractivity contribution in [2.24, 2.45) is 5.73 Å². The Balaban J connectivity index is 1.45. The number of hydrogen-bond acceptors (Lipinski definition) is 5. The second-order valence-corrected chi connectivity index (χ2v) is 9.67. The van der Waals surface area contributed by atoms with Crippen molar-refractivity contribution in [3.05, 3.63) is 117 Å². The molecule has 0 saturated carbocycles. The molecule has 1 amide bonds. The van der Waals surface area contributed by atoms with Crippen LogP contribution >= 0.6 is 0 Å². The third kappa shape index (κ3) is 6.19. The maximum atomic E-state index is 14.4. The summed E-state index contributed by atoms with van der Waals surface area (Å²) in [7, 11) is 0. The molecule has 210 valence electrons. The summed E-state index contributed by atoms with van der Waals surface area (Å²) >= 11 is 0. The summed E-state index contributed by atoms with van der Waals surface area (Å²) in [6, 6.07) is 16.7. The molecule has 41 heavy (non-hydrogen) atoms. The molecule has 0 saturated heterocycles. The number of halogens is 4. The molecule has 11 heteroatoms. The molecule has 0 aliphatic rings. The lowest BCUT2D eigenvalue weighted by Crippen LogP contribution is -2.11. The highest BCUT2D eigenvalue weighted by molar-refractivity contribution is 5.83. The second kappa shape index (κ2) is 11.4. The first-order chi connectivity index (χ1) is 19.6. The predicted octanol–water partition coefficient (Wildman–Crippen LogP) is 6.11. The number of fused-ring (bicyclic) bond motifs is 1. The van der Waals surface area contributed by atoms with E-state index in [1.807, 2.05) is 30.3 Å². The van der Waals surface area contributed by atoms with Crippen LogP contribution in [0.2, 0.25) is 0 Å². The van der Waals surface area contributed by atoms with Gasteiger partial charge in [-0.15, -0.1) is 0 Å². The summed E-state index contributed by atoms with van der Waals surface area (Å²) in [6.07, 6.45) is -1.96. The van der Waals surface area contributed by atoms with Gasteiger partial charge in [-0.1, -0.05) is 47.6 Å². The van der Waals surface area contributed by atoms with Crippen molar-refractivity contribution >= 4 is 16.8 Å². The van der Waals surface area contributed by atoms with E-state index in [9.17, 15) is 27.2 Å². The van der Waals surface area contributed by atoms with Crippen LogP contribution < -0.4 is 11.2 Å². The number of pyridine rings is 1. The zero-order chi connectivity index (χ0) is 29.1. The number of benzene rings is 3. The van der Waals surface area contributed by atoms with Crippen LogP contribution in [0.3, 0.4) is 0 Å². The molecule has 0 fully saturated rings. The van der Waals surface area contributed by atoms with E-state index in [2.05, 4.69) is 15.1 Å². The number of nitrogens with two attached hydrogens (primary N) is 1. The number of rotatable bonds is 9. The summed E-state index contributed by atoms with van der Waals surface area (Å²) in [4.78, 5) is 32.2. The average Bonchev–Trinajstić information content (AvgIpc) is 3.42. The summed E-state index contributed by atoms with van der Waals surface area (Å²) in [5.74, 6) is -1.36. The van der Waals surface area contributed by atoms with E-state index in [0.29, 0.717) is 30.0 Å². The number of carbonyl (C=O) groups excluding carboxylic acids is 1. The van der Waals surface area contributed by atoms with Gasteiger partial charge < -0.3 is 15.2 Å². The zero-order valence-electron chi connectivity index (χ0n) is 21.5. The monoisotopic (exact) mass is 564 g/mol. The Bertz CT molecular complexity index is 1760. The molecule has 7 nitrogen and oxygen atoms in total. The molecule has 0 spiro atoms. The molecular formula is C30H24F4N4O3. The van der Waals surface area contributed by atoms with Gasteiger partial charge in [0.1, 0.15) is 5.82 Å². The fourth-order valence-corrected chi connectivity index (χ4v) is 4.71. The fourth-order valence-electron chi connectivity index (χ4n) is 4.71. The van der Waals surface area contributed by atoms with Gasteiger partial charge in [-0.25, -0.2) is 4.39 Å². The molecule has 3 aromatic carbocycles. The lowest BCUT2D eigenvalue weighted by Gasteiger charge is -2.12. The van der Waals surface area contributed by atoms with Crippen molar-refractivity contribution in [2.75, 3.05) is 0 Å². The van der Waals surface area contributed by atoms with E-state index in [0.717, 1.165) is 17.7 Å². The number of aromatic amines is 1. The largest absolute Gasteiger partial charge is 0.416 e. The number of carbonyl (C=O) groups is 1. The van der Waals surface area contributed by atoms with Gasteiger partial charge >= 0.3 is 6.18 Å². The number of aromatic nitrogens is 3. The molecule has 5 aromatic rings. The van der Waals surface area contributed by atoms with Crippen molar-refractivity contribution in [3.8, 4) is 11.4 Å². The first kappa shape index (κ1) is 27.8. The van der Waals surface area contributed by atoms with Crippen LogP contribution in [0.5, 0.6) is 0 Å². The van der Waals surface area contributed by atoms with Gasteiger partial charge in [0.05, 0.1) is 17.0 Å². The van der Waals surface area contributed by atoms with Gasteiger partial charge in [0, 0.05) is 29.9 Å². The fraction of sp³-hybridized carbons (Fsp3) is 0.200. The quantitative estimate of drug-likeness (QED) is 0.210. The topological polar surface area (TPSA) is 115 Å². The minimum atomic E-state index is -4.65. The smallest absolute Gasteiger partial charge is 0.370 e. The van der Waals surface area contributed by atoms with Gasteiger partial charge in [0.15, 0.2) is 0 Å². The minimum Gasteiger partial charge on any atom is -0.370 e. The van der Waals surface area contributed by atoms with Crippen LogP contribution in [0.1, 0.15) is 53.3 Å². The van der Waals surface area contributed by atoms with Crippen molar-refractivity contribution in [1.82, 2.24) is 15.1 Å². The van der Waals surface area contributed by atoms with Gasteiger partial charge in [0.25, 0.3) is 0 Å². The van der Waals surface area contributed by atoms with Crippen LogP contribution in [0.15, 0.2) is 82.2 Å². The Kier molecular flexibility index (Phi) is 7.69. The van der Waals surface area contributed by atoms with Gasteiger partial charge in [-0.3, -0.25) is 9.59 Å². The summed E-state index contributed by atoms with van der Waals surface area (Å²) < 4.78 is 58.7. The van der Waals surface area contributed by atoms with Crippen LogP contribution in [-0.4, -0.2) is 21.0 Å². The van der Waals surface area contributed by atoms with Gasteiger partial charge in [-0.05, 0) is 53.8 Å². The van der Waals surface area contributed by atoms with Gasteiger partial charge in [-0.2, -0.15) is 18.2 Å². The maximum absolute atomic E-state index is 14.4. The number of nitrogens with zero attached hydrogens (tertiary/aromatic N) is 2. The van der Waals surface area contributed by atoms with Crippen LogP contribution in [0, 0.1) is 5.82 Å². The molecule has 0 aliphatic heterocycles. The molecule has 3 N–H and O–H groups in total. The Morgan fingerprint density at radius 2 is 1.83 bits per heavy atom. The number of hydrogen-bond donors (Lipinski definition) is 2. The minimum absolute atomic E-state index is 0.0139. The highest BCUT2D eigenvalue weighted by Gasteiger charge is 2.31. The molecule has 1 atom stereocenters. The Labute approximate surface area is 231 Å². The Morgan fingerprint density at radius 3 is 2.54 bits per heavy atom. The third-order valence-corrected chi connectivity index (χ3v) is 6.82.